The van der Waals surface area contributed by atoms with Gasteiger partial charge in [0.25, 0.3) is 0 Å². The van der Waals surface area contributed by atoms with E-state index in [-0.39, 0.29) is 24.8 Å². The Balaban J connectivity index is 2.26. The molecule has 1 unspecified atom stereocenters. The first kappa shape index (κ1) is 14.0. The second kappa shape index (κ2) is 5.73. The number of nitrogens with zero attached hydrogens (tertiary/aromatic N) is 1. The minimum absolute atomic E-state index is 0.126. The zero-order valence-electron chi connectivity index (χ0n) is 11.4. The van der Waals surface area contributed by atoms with E-state index >= 15 is 0 Å². The zero-order valence-corrected chi connectivity index (χ0v) is 11.4. The minimum Gasteiger partial charge on any atom is -0.469 e. The van der Waals surface area contributed by atoms with Crippen LogP contribution in [0.4, 0.5) is 11.4 Å². The highest BCUT2D eigenvalue weighted by molar-refractivity contribution is 6.03. The van der Waals surface area contributed by atoms with Crippen LogP contribution >= 0.6 is 0 Å². The van der Waals surface area contributed by atoms with Crippen molar-refractivity contribution in [2.24, 2.45) is 5.92 Å². The normalized spacial score (nSPS) is 18.0. The van der Waals surface area contributed by atoms with Crippen LogP contribution in [0.5, 0.6) is 0 Å². The van der Waals surface area contributed by atoms with E-state index in [0.717, 1.165) is 0 Å². The van der Waals surface area contributed by atoms with Gasteiger partial charge in [0.05, 0.1) is 24.4 Å². The molecule has 1 N–H and O–H groups in total. The number of rotatable bonds is 3. The zero-order chi connectivity index (χ0) is 14.7. The van der Waals surface area contributed by atoms with Crippen molar-refractivity contribution in [3.05, 3.63) is 24.3 Å². The van der Waals surface area contributed by atoms with E-state index in [9.17, 15) is 14.4 Å². The number of ether oxygens (including phenoxy) is 1. The van der Waals surface area contributed by atoms with Gasteiger partial charge in [-0.15, -0.1) is 0 Å². The summed E-state index contributed by atoms with van der Waals surface area (Å²) >= 11 is 0. The molecule has 20 heavy (non-hydrogen) atoms. The van der Waals surface area contributed by atoms with E-state index in [4.69, 9.17) is 0 Å². The second-order valence-electron chi connectivity index (χ2n) is 4.63. The highest BCUT2D eigenvalue weighted by Gasteiger charge is 2.36. The van der Waals surface area contributed by atoms with Crippen LogP contribution in [0.3, 0.4) is 0 Å². The maximum Gasteiger partial charge on any atom is 0.311 e. The number of benzene rings is 1. The van der Waals surface area contributed by atoms with Gasteiger partial charge in [0.1, 0.15) is 0 Å². The number of nitrogens with one attached hydrogen (secondary N) is 1. The average molecular weight is 276 g/mol. The lowest BCUT2D eigenvalue weighted by atomic mass is 10.1. The molecular weight excluding hydrogens is 260 g/mol. The summed E-state index contributed by atoms with van der Waals surface area (Å²) in [6, 6.07) is 7.00. The lowest BCUT2D eigenvalue weighted by Gasteiger charge is -2.20. The molecule has 106 valence electrons. The van der Waals surface area contributed by atoms with E-state index in [1.807, 2.05) is 0 Å². The summed E-state index contributed by atoms with van der Waals surface area (Å²) in [4.78, 5) is 36.3. The monoisotopic (exact) mass is 276 g/mol. The Bertz CT molecular complexity index is 556. The van der Waals surface area contributed by atoms with Gasteiger partial charge in [0.2, 0.25) is 11.8 Å². The molecule has 1 aromatic rings. The van der Waals surface area contributed by atoms with Crippen molar-refractivity contribution in [2.45, 2.75) is 13.3 Å². The van der Waals surface area contributed by atoms with Gasteiger partial charge in [-0.05, 0) is 12.1 Å². The maximum atomic E-state index is 12.0. The molecule has 1 atom stereocenters. The summed E-state index contributed by atoms with van der Waals surface area (Å²) < 4.78 is 4.67. The Labute approximate surface area is 116 Å². The molecule has 2 amide bonds. The molecule has 1 aliphatic rings. The number of carbonyl (C=O) groups is 3. The molecule has 0 aromatic heterocycles. The summed E-state index contributed by atoms with van der Waals surface area (Å²) in [7, 11) is 1.31. The number of hydrogen-bond acceptors (Lipinski definition) is 4. The van der Waals surface area contributed by atoms with Gasteiger partial charge in [-0.25, -0.2) is 0 Å². The first-order valence-corrected chi connectivity index (χ1v) is 6.27. The Hall–Kier alpha value is -2.37. The van der Waals surface area contributed by atoms with Gasteiger partial charge in [-0.3, -0.25) is 14.4 Å². The minimum atomic E-state index is -0.460. The number of para-hydroxylation sites is 2. The largest absolute Gasteiger partial charge is 0.469 e. The number of esters is 1. The van der Waals surface area contributed by atoms with Gasteiger partial charge in [-0.1, -0.05) is 12.1 Å². The third kappa shape index (κ3) is 2.79. The fraction of sp³-hybridized carbons (Fsp3) is 0.357. The third-order valence-corrected chi connectivity index (χ3v) is 3.17. The van der Waals surface area contributed by atoms with Crippen LogP contribution in [-0.2, 0) is 19.1 Å². The topological polar surface area (TPSA) is 75.7 Å². The van der Waals surface area contributed by atoms with E-state index in [0.29, 0.717) is 11.4 Å². The van der Waals surface area contributed by atoms with Gasteiger partial charge < -0.3 is 15.0 Å². The third-order valence-electron chi connectivity index (χ3n) is 3.17. The van der Waals surface area contributed by atoms with Crippen LogP contribution in [0.25, 0.3) is 0 Å². The predicted octanol–water partition coefficient (Wildman–Crippen LogP) is 1.17. The molecule has 0 radical (unpaired) electrons. The molecule has 1 heterocycles. The smallest absolute Gasteiger partial charge is 0.311 e. The molecule has 0 bridgehead atoms. The first-order chi connectivity index (χ1) is 9.52. The standard InChI is InChI=1S/C14H16N2O4/c1-9(17)15-11-5-3-4-6-12(11)16-8-10(7-13(16)18)14(19)20-2/h3-6,10H,7-8H2,1-2H3,(H,15,17). The van der Waals surface area contributed by atoms with Crippen LogP contribution in [0.15, 0.2) is 24.3 Å². The van der Waals surface area contributed by atoms with Crippen LogP contribution in [-0.4, -0.2) is 31.4 Å². The Morgan fingerprint density at radius 1 is 1.35 bits per heavy atom. The molecule has 6 heteroatoms. The number of carbonyl (C=O) groups excluding carboxylic acids is 3. The molecule has 0 spiro atoms. The summed E-state index contributed by atoms with van der Waals surface area (Å²) in [5, 5.41) is 2.68. The Kier molecular flexibility index (Phi) is 4.02. The van der Waals surface area contributed by atoms with Crippen LogP contribution in [0.1, 0.15) is 13.3 Å². The molecule has 1 fully saturated rings. The molecule has 2 rings (SSSR count). The van der Waals surface area contributed by atoms with E-state index in [2.05, 4.69) is 10.1 Å². The van der Waals surface area contributed by atoms with Crippen LogP contribution in [0.2, 0.25) is 0 Å². The Morgan fingerprint density at radius 2 is 2.05 bits per heavy atom. The molecule has 1 aromatic carbocycles. The number of amides is 2. The van der Waals surface area contributed by atoms with Crippen molar-refractivity contribution in [1.29, 1.82) is 0 Å². The van der Waals surface area contributed by atoms with Crippen LogP contribution < -0.4 is 10.2 Å². The molecule has 1 aliphatic heterocycles. The lowest BCUT2D eigenvalue weighted by molar-refractivity contribution is -0.145. The number of anilines is 2. The lowest BCUT2D eigenvalue weighted by Crippen LogP contribution is -2.27. The second-order valence-corrected chi connectivity index (χ2v) is 4.63. The average Bonchev–Trinajstić information content (AvgIpc) is 2.80. The van der Waals surface area contributed by atoms with Crippen molar-refractivity contribution in [1.82, 2.24) is 0 Å². The first-order valence-electron chi connectivity index (χ1n) is 6.27. The summed E-state index contributed by atoms with van der Waals surface area (Å²) in [5.41, 5.74) is 1.15. The van der Waals surface area contributed by atoms with Crippen molar-refractivity contribution in [2.75, 3.05) is 23.9 Å². The van der Waals surface area contributed by atoms with E-state index < -0.39 is 11.9 Å². The number of hydrogen-bond donors (Lipinski definition) is 1. The maximum absolute atomic E-state index is 12.0. The van der Waals surface area contributed by atoms with Gasteiger partial charge in [0, 0.05) is 19.9 Å². The van der Waals surface area contributed by atoms with Crippen LogP contribution in [0, 0.1) is 5.92 Å². The fourth-order valence-corrected chi connectivity index (χ4v) is 2.27. The van der Waals surface area contributed by atoms with Crippen molar-refractivity contribution in [3.63, 3.8) is 0 Å². The summed E-state index contributed by atoms with van der Waals surface area (Å²) in [5.74, 6) is -1.22. The quantitative estimate of drug-likeness (QED) is 0.841. The molecule has 0 aliphatic carbocycles. The predicted molar refractivity (Wildman–Crippen MR) is 73.2 cm³/mol. The van der Waals surface area contributed by atoms with Gasteiger partial charge in [-0.2, -0.15) is 0 Å². The van der Waals surface area contributed by atoms with Gasteiger partial charge in [0.15, 0.2) is 0 Å². The molecule has 6 nitrogen and oxygen atoms in total. The Morgan fingerprint density at radius 3 is 2.70 bits per heavy atom. The summed E-state index contributed by atoms with van der Waals surface area (Å²) in [6.45, 7) is 1.67. The highest BCUT2D eigenvalue weighted by atomic mass is 16.5. The van der Waals surface area contributed by atoms with Crippen molar-refractivity contribution >= 4 is 29.2 Å². The van der Waals surface area contributed by atoms with Crippen molar-refractivity contribution < 1.29 is 19.1 Å². The van der Waals surface area contributed by atoms with Gasteiger partial charge >= 0.3 is 5.97 Å². The highest BCUT2D eigenvalue weighted by Crippen LogP contribution is 2.31. The molecule has 0 saturated carbocycles. The molecule has 1 saturated heterocycles. The summed E-state index contributed by atoms with van der Waals surface area (Å²) in [6.07, 6.45) is 0.126. The van der Waals surface area contributed by atoms with Crippen molar-refractivity contribution in [3.8, 4) is 0 Å². The van der Waals surface area contributed by atoms with E-state index in [1.54, 1.807) is 24.3 Å². The fourth-order valence-electron chi connectivity index (χ4n) is 2.27. The molecular formula is C14H16N2O4. The number of methoxy groups -OCH3 is 1. The SMILES string of the molecule is COC(=O)C1CC(=O)N(c2ccccc2NC(C)=O)C1. The van der Waals surface area contributed by atoms with E-state index in [1.165, 1.54) is 18.9 Å².